The molecule has 0 radical (unpaired) electrons. The molecule has 8 nitrogen and oxygen atoms in total. The van der Waals surface area contributed by atoms with E-state index in [-0.39, 0.29) is 12.3 Å². The molecule has 4 rings (SSSR count). The van der Waals surface area contributed by atoms with Crippen LogP contribution in [0.1, 0.15) is 32.6 Å². The molecule has 0 amide bonds. The van der Waals surface area contributed by atoms with Crippen LogP contribution >= 0.6 is 35.0 Å². The zero-order valence-corrected chi connectivity index (χ0v) is 26.4. The monoisotopic (exact) mass is 635 g/mol. The van der Waals surface area contributed by atoms with Crippen molar-refractivity contribution >= 4 is 57.7 Å². The zero-order chi connectivity index (χ0) is 29.7. The predicted octanol–water partition coefficient (Wildman–Crippen LogP) is 6.93. The van der Waals surface area contributed by atoms with Crippen molar-refractivity contribution in [1.82, 2.24) is 9.47 Å². The number of unbranched alkanes of at least 4 members (excludes halogenated alkanes) is 1. The molecule has 1 fully saturated rings. The van der Waals surface area contributed by atoms with Gasteiger partial charge in [0, 0.05) is 38.3 Å². The number of hydrogen-bond acceptors (Lipinski definition) is 8. The molecule has 1 saturated heterocycles. The van der Waals surface area contributed by atoms with Crippen LogP contribution in [0.5, 0.6) is 5.75 Å². The summed E-state index contributed by atoms with van der Waals surface area (Å²) in [5.74, 6) is 2.70. The molecule has 2 heterocycles. The van der Waals surface area contributed by atoms with Crippen molar-refractivity contribution in [3.05, 3.63) is 68.9 Å². The molecule has 1 aromatic heterocycles. The van der Waals surface area contributed by atoms with Crippen molar-refractivity contribution < 1.29 is 19.0 Å². The molecular weight excluding hydrogens is 597 g/mol. The number of anilines is 1. The molecule has 0 aliphatic carbocycles. The van der Waals surface area contributed by atoms with E-state index in [1.807, 2.05) is 48.2 Å². The fraction of sp³-hybridized carbons (Fsp3) is 0.484. The number of carbonyl (C=O) groups excluding carboxylic acids is 1. The van der Waals surface area contributed by atoms with Gasteiger partial charge < -0.3 is 19.1 Å². The molecular formula is C31H39Cl2N3O5S. The van der Waals surface area contributed by atoms with E-state index in [0.29, 0.717) is 34.5 Å². The van der Waals surface area contributed by atoms with Gasteiger partial charge in [-0.2, -0.15) is 11.8 Å². The third kappa shape index (κ3) is 9.46. The van der Waals surface area contributed by atoms with Crippen molar-refractivity contribution in [3.8, 4) is 5.75 Å². The van der Waals surface area contributed by atoms with Crippen molar-refractivity contribution in [1.29, 1.82) is 0 Å². The fourth-order valence-electron chi connectivity index (χ4n) is 4.79. The van der Waals surface area contributed by atoms with Crippen LogP contribution in [0.3, 0.4) is 0 Å². The molecule has 0 unspecified atom stereocenters. The SMILES string of the molecule is CCCSCCCOC(=O)OCn1c(=O)ccc2ccc(OCCCCN3CCN(c4cccc(Cl)c4Cl)CC3)cc21. The topological polar surface area (TPSA) is 73.2 Å². The van der Waals surface area contributed by atoms with E-state index in [4.69, 9.17) is 37.4 Å². The molecule has 3 aromatic rings. The smallest absolute Gasteiger partial charge is 0.494 e. The fourth-order valence-corrected chi connectivity index (χ4v) is 6.02. The van der Waals surface area contributed by atoms with Gasteiger partial charge in [-0.1, -0.05) is 36.2 Å². The Hall–Kier alpha value is -2.59. The molecule has 0 saturated carbocycles. The van der Waals surface area contributed by atoms with E-state index >= 15 is 0 Å². The van der Waals surface area contributed by atoms with Crippen LogP contribution in [0.4, 0.5) is 10.5 Å². The van der Waals surface area contributed by atoms with Crippen LogP contribution in [-0.2, 0) is 16.2 Å². The Bertz CT molecular complexity index is 1360. The number of piperazine rings is 1. The van der Waals surface area contributed by atoms with Crippen LogP contribution < -0.4 is 15.2 Å². The Morgan fingerprint density at radius 1 is 0.929 bits per heavy atom. The summed E-state index contributed by atoms with van der Waals surface area (Å²) < 4.78 is 17.8. The third-order valence-electron chi connectivity index (χ3n) is 7.06. The Morgan fingerprint density at radius 3 is 2.55 bits per heavy atom. The Labute approximate surface area is 261 Å². The number of rotatable bonds is 15. The van der Waals surface area contributed by atoms with Gasteiger partial charge in [0.2, 0.25) is 0 Å². The second kappa shape index (κ2) is 16.9. The third-order valence-corrected chi connectivity index (χ3v) is 9.14. The maximum atomic E-state index is 12.6. The van der Waals surface area contributed by atoms with Crippen LogP contribution in [0.2, 0.25) is 10.0 Å². The summed E-state index contributed by atoms with van der Waals surface area (Å²) in [7, 11) is 0. The van der Waals surface area contributed by atoms with Gasteiger partial charge in [0.15, 0.2) is 6.73 Å². The second-order valence-electron chi connectivity index (χ2n) is 10.1. The van der Waals surface area contributed by atoms with Crippen LogP contribution in [0.15, 0.2) is 53.3 Å². The predicted molar refractivity (Wildman–Crippen MR) is 173 cm³/mol. The molecule has 0 bridgehead atoms. The number of pyridine rings is 1. The zero-order valence-electron chi connectivity index (χ0n) is 24.1. The summed E-state index contributed by atoms with van der Waals surface area (Å²) >= 11 is 14.4. The largest absolute Gasteiger partial charge is 0.510 e. The second-order valence-corrected chi connectivity index (χ2v) is 12.1. The van der Waals surface area contributed by atoms with E-state index in [0.717, 1.165) is 81.0 Å². The number of halogens is 2. The average molecular weight is 637 g/mol. The Kier molecular flexibility index (Phi) is 13.0. The van der Waals surface area contributed by atoms with Crippen molar-refractivity contribution in [3.63, 3.8) is 0 Å². The number of hydrogen-bond donors (Lipinski definition) is 0. The van der Waals surface area contributed by atoms with Gasteiger partial charge in [-0.3, -0.25) is 14.3 Å². The van der Waals surface area contributed by atoms with E-state index < -0.39 is 6.16 Å². The number of nitrogens with zero attached hydrogens (tertiary/aromatic N) is 3. The molecule has 11 heteroatoms. The first-order valence-electron chi connectivity index (χ1n) is 14.5. The quantitative estimate of drug-likeness (QED) is 0.131. The molecule has 1 aliphatic rings. The van der Waals surface area contributed by atoms with Gasteiger partial charge in [0.1, 0.15) is 5.75 Å². The van der Waals surface area contributed by atoms with E-state index in [2.05, 4.69) is 16.7 Å². The number of aromatic nitrogens is 1. The van der Waals surface area contributed by atoms with Crippen molar-refractivity contribution in [2.75, 3.05) is 62.3 Å². The number of thioether (sulfide) groups is 1. The van der Waals surface area contributed by atoms with Gasteiger partial charge in [-0.15, -0.1) is 0 Å². The highest BCUT2D eigenvalue weighted by Crippen LogP contribution is 2.33. The molecule has 228 valence electrons. The lowest BCUT2D eigenvalue weighted by Crippen LogP contribution is -2.46. The first-order chi connectivity index (χ1) is 20.5. The lowest BCUT2D eigenvalue weighted by Gasteiger charge is -2.36. The highest BCUT2D eigenvalue weighted by Gasteiger charge is 2.19. The van der Waals surface area contributed by atoms with Crippen molar-refractivity contribution in [2.24, 2.45) is 0 Å². The molecule has 1 aliphatic heterocycles. The molecule has 2 aromatic carbocycles. The lowest BCUT2D eigenvalue weighted by atomic mass is 10.2. The van der Waals surface area contributed by atoms with E-state index in [1.165, 1.54) is 10.6 Å². The van der Waals surface area contributed by atoms with E-state index in [9.17, 15) is 9.59 Å². The summed E-state index contributed by atoms with van der Waals surface area (Å²) in [6, 6.07) is 14.6. The summed E-state index contributed by atoms with van der Waals surface area (Å²) in [5, 5.41) is 2.06. The number of ether oxygens (including phenoxy) is 3. The minimum absolute atomic E-state index is 0.222. The maximum Gasteiger partial charge on any atom is 0.510 e. The highest BCUT2D eigenvalue weighted by atomic mass is 35.5. The molecule has 42 heavy (non-hydrogen) atoms. The molecule has 0 N–H and O–H groups in total. The summed E-state index contributed by atoms with van der Waals surface area (Å²) in [6.07, 6.45) is 3.04. The standard InChI is InChI=1S/C31H39Cl2N3O5S/c1-2-20-42-21-6-19-40-31(38)41-23-36-28-22-25(11-9-24(28)10-12-29(36)37)39-18-4-3-13-34-14-16-35(17-15-34)27-8-5-7-26(32)30(27)33/h5,7-12,22H,2-4,6,13-21,23H2,1H3. The molecule has 0 spiro atoms. The lowest BCUT2D eigenvalue weighted by molar-refractivity contribution is 0.0343. The Morgan fingerprint density at radius 2 is 1.74 bits per heavy atom. The number of benzene rings is 2. The highest BCUT2D eigenvalue weighted by molar-refractivity contribution is 7.99. The first kappa shape index (κ1) is 32.3. The minimum atomic E-state index is -0.776. The summed E-state index contributed by atoms with van der Waals surface area (Å²) in [6.45, 7) is 7.55. The van der Waals surface area contributed by atoms with Crippen LogP contribution in [0, 0.1) is 0 Å². The van der Waals surface area contributed by atoms with Gasteiger partial charge >= 0.3 is 6.16 Å². The Balaban J connectivity index is 1.19. The van der Waals surface area contributed by atoms with Gasteiger partial charge in [-0.25, -0.2) is 4.79 Å². The first-order valence-corrected chi connectivity index (χ1v) is 16.4. The van der Waals surface area contributed by atoms with Crippen LogP contribution in [0.25, 0.3) is 10.9 Å². The number of fused-ring (bicyclic) bond motifs is 1. The molecule has 0 atom stereocenters. The van der Waals surface area contributed by atoms with Crippen molar-refractivity contribution in [2.45, 2.75) is 39.3 Å². The number of carbonyl (C=O) groups is 1. The average Bonchev–Trinajstić information content (AvgIpc) is 3.00. The van der Waals surface area contributed by atoms with E-state index in [1.54, 1.807) is 6.07 Å². The maximum absolute atomic E-state index is 12.6. The summed E-state index contributed by atoms with van der Waals surface area (Å²) in [5.41, 5.74) is 1.37. The van der Waals surface area contributed by atoms with Crippen LogP contribution in [-0.4, -0.2) is 73.1 Å². The minimum Gasteiger partial charge on any atom is -0.494 e. The normalized spacial score (nSPS) is 13.8. The van der Waals surface area contributed by atoms with Gasteiger partial charge in [0.05, 0.1) is 34.5 Å². The van der Waals surface area contributed by atoms with Gasteiger partial charge in [0.25, 0.3) is 5.56 Å². The van der Waals surface area contributed by atoms with Gasteiger partial charge in [-0.05, 0) is 79.5 Å². The summed E-state index contributed by atoms with van der Waals surface area (Å²) in [4.78, 5) is 29.3.